The van der Waals surface area contributed by atoms with Crippen LogP contribution in [-0.2, 0) is 4.79 Å². The van der Waals surface area contributed by atoms with Gasteiger partial charge in [0.05, 0.1) is 0 Å². The lowest BCUT2D eigenvalue weighted by Gasteiger charge is -2.36. The third kappa shape index (κ3) is 7.61. The van der Waals surface area contributed by atoms with Crippen molar-refractivity contribution >= 4 is 30.7 Å². The standard InChI is InChI=1S/C21H35N3O.2ClH/c1-4-21(5-2,24-16(3)17-10-7-6-8-11-17)15-23-20(25)14-18-12-9-13-19(18)22;;/h6-8,10-11,16,18-19,24H,4-5,9,12-15,22H2,1-3H3,(H,23,25);2*1H/t16?,18-,19+;;/m0../s1. The van der Waals surface area contributed by atoms with Gasteiger partial charge in [-0.25, -0.2) is 0 Å². The van der Waals surface area contributed by atoms with Crippen molar-refractivity contribution < 1.29 is 4.79 Å². The van der Waals surface area contributed by atoms with Gasteiger partial charge in [0.1, 0.15) is 0 Å². The third-order valence-corrected chi connectivity index (χ3v) is 5.97. The average molecular weight is 418 g/mol. The zero-order valence-electron chi connectivity index (χ0n) is 16.9. The van der Waals surface area contributed by atoms with Crippen molar-refractivity contribution in [2.75, 3.05) is 6.54 Å². The molecule has 1 aliphatic carbocycles. The smallest absolute Gasteiger partial charge is 0.220 e. The Hall–Kier alpha value is -0.810. The highest BCUT2D eigenvalue weighted by molar-refractivity contribution is 5.85. The van der Waals surface area contributed by atoms with Crippen LogP contribution in [0.1, 0.15) is 70.9 Å². The first-order valence-corrected chi connectivity index (χ1v) is 9.84. The highest BCUT2D eigenvalue weighted by Gasteiger charge is 2.30. The predicted molar refractivity (Wildman–Crippen MR) is 119 cm³/mol. The van der Waals surface area contributed by atoms with Crippen molar-refractivity contribution in [2.45, 2.75) is 76.9 Å². The fourth-order valence-electron chi connectivity index (χ4n) is 3.94. The van der Waals surface area contributed by atoms with Crippen LogP contribution in [0.15, 0.2) is 30.3 Å². The minimum Gasteiger partial charge on any atom is -0.354 e. The second-order valence-corrected chi connectivity index (χ2v) is 7.60. The molecule has 1 amide bonds. The van der Waals surface area contributed by atoms with Crippen LogP contribution in [0, 0.1) is 5.92 Å². The average Bonchev–Trinajstić information content (AvgIpc) is 3.04. The summed E-state index contributed by atoms with van der Waals surface area (Å²) < 4.78 is 0. The number of rotatable bonds is 9. The van der Waals surface area contributed by atoms with Crippen LogP contribution in [-0.4, -0.2) is 24.0 Å². The van der Waals surface area contributed by atoms with Gasteiger partial charge in [-0.2, -0.15) is 0 Å². The third-order valence-electron chi connectivity index (χ3n) is 5.97. The van der Waals surface area contributed by atoms with Crippen molar-refractivity contribution in [2.24, 2.45) is 11.7 Å². The molecule has 0 spiro atoms. The van der Waals surface area contributed by atoms with Crippen molar-refractivity contribution in [1.29, 1.82) is 0 Å². The molecular weight excluding hydrogens is 381 g/mol. The Bertz CT molecular complexity index is 537. The highest BCUT2D eigenvalue weighted by Crippen LogP contribution is 2.27. The van der Waals surface area contributed by atoms with E-state index >= 15 is 0 Å². The minimum absolute atomic E-state index is 0. The van der Waals surface area contributed by atoms with Crippen LogP contribution in [0.25, 0.3) is 0 Å². The number of hydrogen-bond donors (Lipinski definition) is 3. The van der Waals surface area contributed by atoms with E-state index in [1.807, 2.05) is 6.07 Å². The maximum atomic E-state index is 12.4. The topological polar surface area (TPSA) is 67.2 Å². The molecule has 1 fully saturated rings. The fourth-order valence-corrected chi connectivity index (χ4v) is 3.94. The first-order chi connectivity index (χ1) is 12.0. The molecule has 3 atom stereocenters. The Morgan fingerprint density at radius 2 is 1.81 bits per heavy atom. The fraction of sp³-hybridized carbons (Fsp3) is 0.667. The van der Waals surface area contributed by atoms with E-state index in [4.69, 9.17) is 5.73 Å². The number of halogens is 2. The van der Waals surface area contributed by atoms with Crippen molar-refractivity contribution in [3.8, 4) is 0 Å². The van der Waals surface area contributed by atoms with Crippen molar-refractivity contribution in [1.82, 2.24) is 10.6 Å². The second-order valence-electron chi connectivity index (χ2n) is 7.60. The normalized spacial score (nSPS) is 20.3. The second kappa shape index (κ2) is 12.6. The summed E-state index contributed by atoms with van der Waals surface area (Å²) in [6.07, 6.45) is 5.82. The first-order valence-electron chi connectivity index (χ1n) is 9.84. The van der Waals surface area contributed by atoms with Gasteiger partial charge in [0, 0.05) is 30.6 Å². The van der Waals surface area contributed by atoms with Gasteiger partial charge in [0.15, 0.2) is 0 Å². The molecule has 0 heterocycles. The van der Waals surface area contributed by atoms with Crippen LogP contribution in [0.3, 0.4) is 0 Å². The van der Waals surface area contributed by atoms with Gasteiger partial charge in [0.2, 0.25) is 5.91 Å². The Balaban J connectivity index is 0.00000338. The molecule has 1 aromatic rings. The van der Waals surface area contributed by atoms with Gasteiger partial charge >= 0.3 is 0 Å². The number of benzene rings is 1. The van der Waals surface area contributed by atoms with Crippen LogP contribution in [0.5, 0.6) is 0 Å². The predicted octanol–water partition coefficient (Wildman–Crippen LogP) is 4.37. The Morgan fingerprint density at radius 3 is 2.33 bits per heavy atom. The van der Waals surface area contributed by atoms with Gasteiger partial charge in [-0.05, 0) is 44.1 Å². The number of nitrogens with two attached hydrogens (primary N) is 1. The lowest BCUT2D eigenvalue weighted by Crippen LogP contribution is -2.53. The van der Waals surface area contributed by atoms with E-state index in [0.29, 0.717) is 18.9 Å². The molecule has 6 heteroatoms. The molecule has 1 saturated carbocycles. The largest absolute Gasteiger partial charge is 0.354 e. The molecule has 2 rings (SSSR count). The molecule has 1 unspecified atom stereocenters. The van der Waals surface area contributed by atoms with Gasteiger partial charge in [-0.1, -0.05) is 50.6 Å². The lowest BCUT2D eigenvalue weighted by molar-refractivity contribution is -0.122. The number of amides is 1. The van der Waals surface area contributed by atoms with Gasteiger partial charge in [-0.15, -0.1) is 24.8 Å². The maximum absolute atomic E-state index is 12.4. The molecule has 4 N–H and O–H groups in total. The molecule has 0 radical (unpaired) electrons. The SMILES string of the molecule is CCC(CC)(CNC(=O)C[C@@H]1CCC[C@H]1N)NC(C)c1ccccc1.Cl.Cl. The van der Waals surface area contributed by atoms with E-state index in [2.05, 4.69) is 55.7 Å². The highest BCUT2D eigenvalue weighted by atomic mass is 35.5. The molecule has 4 nitrogen and oxygen atoms in total. The number of carbonyl (C=O) groups is 1. The number of carbonyl (C=O) groups excluding carboxylic acids is 1. The molecule has 0 bridgehead atoms. The molecular formula is C21H37Cl2N3O. The van der Waals surface area contributed by atoms with Gasteiger partial charge in [-0.3, -0.25) is 4.79 Å². The number of hydrogen-bond acceptors (Lipinski definition) is 3. The molecule has 0 aromatic heterocycles. The summed E-state index contributed by atoms with van der Waals surface area (Å²) in [5, 5.41) is 6.94. The summed E-state index contributed by atoms with van der Waals surface area (Å²) in [4.78, 5) is 12.4. The lowest BCUT2D eigenvalue weighted by atomic mass is 9.90. The van der Waals surface area contributed by atoms with E-state index in [0.717, 1.165) is 32.1 Å². The summed E-state index contributed by atoms with van der Waals surface area (Å²) in [6.45, 7) is 7.23. The van der Waals surface area contributed by atoms with E-state index in [1.165, 1.54) is 5.56 Å². The Morgan fingerprint density at radius 1 is 1.19 bits per heavy atom. The summed E-state index contributed by atoms with van der Waals surface area (Å²) in [6, 6.07) is 10.9. The van der Waals surface area contributed by atoms with Crippen LogP contribution < -0.4 is 16.4 Å². The summed E-state index contributed by atoms with van der Waals surface area (Å²) >= 11 is 0. The van der Waals surface area contributed by atoms with Gasteiger partial charge < -0.3 is 16.4 Å². The maximum Gasteiger partial charge on any atom is 0.220 e. The van der Waals surface area contributed by atoms with Crippen LogP contribution in [0.2, 0.25) is 0 Å². The van der Waals surface area contributed by atoms with Crippen LogP contribution >= 0.6 is 24.8 Å². The quantitative estimate of drug-likeness (QED) is 0.558. The van der Waals surface area contributed by atoms with E-state index < -0.39 is 0 Å². The van der Waals surface area contributed by atoms with Gasteiger partial charge in [0.25, 0.3) is 0 Å². The van der Waals surface area contributed by atoms with Crippen LogP contribution in [0.4, 0.5) is 0 Å². The zero-order chi connectivity index (χ0) is 18.3. The number of nitrogens with one attached hydrogen (secondary N) is 2. The molecule has 0 saturated heterocycles. The Kier molecular flexibility index (Phi) is 12.2. The Labute approximate surface area is 177 Å². The molecule has 0 aliphatic heterocycles. The van der Waals surface area contributed by atoms with Crippen molar-refractivity contribution in [3.63, 3.8) is 0 Å². The summed E-state index contributed by atoms with van der Waals surface area (Å²) in [7, 11) is 0. The summed E-state index contributed by atoms with van der Waals surface area (Å²) in [5.41, 5.74) is 7.29. The van der Waals surface area contributed by atoms with E-state index in [9.17, 15) is 4.79 Å². The van der Waals surface area contributed by atoms with E-state index in [1.54, 1.807) is 0 Å². The molecule has 1 aromatic carbocycles. The first kappa shape index (κ1) is 26.2. The molecule has 156 valence electrons. The zero-order valence-corrected chi connectivity index (χ0v) is 18.5. The monoisotopic (exact) mass is 417 g/mol. The molecule has 27 heavy (non-hydrogen) atoms. The molecule has 1 aliphatic rings. The van der Waals surface area contributed by atoms with E-state index in [-0.39, 0.29) is 48.3 Å². The minimum atomic E-state index is -0.0806. The summed E-state index contributed by atoms with van der Waals surface area (Å²) in [5.74, 6) is 0.497. The van der Waals surface area contributed by atoms with Crippen molar-refractivity contribution in [3.05, 3.63) is 35.9 Å².